The highest BCUT2D eigenvalue weighted by Gasteiger charge is 2.46. The number of anilines is 2. The zero-order valence-corrected chi connectivity index (χ0v) is 17.4. The van der Waals surface area contributed by atoms with Crippen LogP contribution in [0.15, 0.2) is 54.7 Å². The van der Waals surface area contributed by atoms with Gasteiger partial charge in [-0.3, -0.25) is 0 Å². The van der Waals surface area contributed by atoms with Crippen LogP contribution in [0.4, 0.5) is 29.5 Å². The fourth-order valence-electron chi connectivity index (χ4n) is 3.79. The average Bonchev–Trinajstić information content (AvgIpc) is 3.25. The number of amides is 2. The maximum Gasteiger partial charge on any atom is 0.322 e. The lowest BCUT2D eigenvalue weighted by Crippen LogP contribution is -2.54. The zero-order valence-electron chi connectivity index (χ0n) is 17.4. The van der Waals surface area contributed by atoms with Gasteiger partial charge in [0.2, 0.25) is 0 Å². The van der Waals surface area contributed by atoms with E-state index in [2.05, 4.69) is 22.0 Å². The number of hydrogen-bond donors (Lipinski definition) is 2. The van der Waals surface area contributed by atoms with Crippen LogP contribution in [-0.4, -0.2) is 68.3 Å². The molecular formula is C21H23F3N6O2. The van der Waals surface area contributed by atoms with Crippen molar-refractivity contribution >= 4 is 23.2 Å². The number of fused-ring (bicyclic) bond motifs is 1. The quantitative estimate of drug-likeness (QED) is 0.687. The number of β-amino-alcohol motifs (C(OH)–C–C–N with tert-alkyl or cyclic N) is 1. The van der Waals surface area contributed by atoms with Crippen molar-refractivity contribution in [1.29, 1.82) is 0 Å². The van der Waals surface area contributed by atoms with Crippen LogP contribution in [0.5, 0.6) is 0 Å². The molecule has 0 unspecified atom stereocenters. The number of carbonyl (C=O) groups excluding carboxylic acids is 1. The van der Waals surface area contributed by atoms with Gasteiger partial charge in [-0.1, -0.05) is 12.7 Å². The third-order valence-electron chi connectivity index (χ3n) is 5.39. The highest BCUT2D eigenvalue weighted by Crippen LogP contribution is 2.38. The van der Waals surface area contributed by atoms with Crippen LogP contribution in [-0.2, 0) is 0 Å². The van der Waals surface area contributed by atoms with Gasteiger partial charge in [0.1, 0.15) is 17.3 Å². The van der Waals surface area contributed by atoms with Crippen molar-refractivity contribution in [3.63, 3.8) is 0 Å². The first-order valence-electron chi connectivity index (χ1n) is 10.1. The lowest BCUT2D eigenvalue weighted by Gasteiger charge is -2.35. The van der Waals surface area contributed by atoms with Crippen molar-refractivity contribution in [3.05, 3.63) is 54.7 Å². The van der Waals surface area contributed by atoms with Gasteiger partial charge >= 0.3 is 6.03 Å². The number of rotatable bonds is 5. The second kappa shape index (κ2) is 8.30. The van der Waals surface area contributed by atoms with Gasteiger partial charge in [-0.2, -0.15) is 5.10 Å². The molecule has 0 radical (unpaired) electrons. The van der Waals surface area contributed by atoms with E-state index in [1.54, 1.807) is 13.1 Å². The molecule has 2 aliphatic rings. The summed E-state index contributed by atoms with van der Waals surface area (Å²) in [6, 6.07) is 0.269. The molecule has 4 rings (SSSR count). The van der Waals surface area contributed by atoms with Crippen LogP contribution < -0.4 is 10.2 Å². The van der Waals surface area contributed by atoms with E-state index in [1.165, 1.54) is 38.7 Å². The molecule has 0 aromatic carbocycles. The van der Waals surface area contributed by atoms with Gasteiger partial charge in [-0.15, -0.1) is 0 Å². The molecule has 2 aromatic rings. The maximum atomic E-state index is 14.3. The molecule has 0 saturated carbocycles. The summed E-state index contributed by atoms with van der Waals surface area (Å²) in [5.74, 6) is -3.34. The molecule has 2 aromatic heterocycles. The van der Waals surface area contributed by atoms with E-state index in [0.29, 0.717) is 5.69 Å². The van der Waals surface area contributed by atoms with Crippen molar-refractivity contribution in [2.75, 3.05) is 29.9 Å². The number of allylic oxidation sites excluding steroid dienone is 3. The first kappa shape index (κ1) is 21.9. The Bertz CT molecular complexity index is 1110. The number of halogens is 3. The van der Waals surface area contributed by atoms with Crippen LogP contribution in [0.1, 0.15) is 13.3 Å². The van der Waals surface area contributed by atoms with Crippen molar-refractivity contribution < 1.29 is 23.1 Å². The van der Waals surface area contributed by atoms with Gasteiger partial charge in [0.25, 0.3) is 5.92 Å². The van der Waals surface area contributed by atoms with Crippen LogP contribution in [0.3, 0.4) is 0 Å². The number of likely N-dealkylation sites (tertiary alicyclic amines) is 1. The highest BCUT2D eigenvalue weighted by atomic mass is 19.3. The predicted octanol–water partition coefficient (Wildman–Crippen LogP) is 3.14. The fourth-order valence-corrected chi connectivity index (χ4v) is 3.79. The summed E-state index contributed by atoms with van der Waals surface area (Å²) in [6.07, 6.45) is 5.78. The Balaban J connectivity index is 1.61. The Kier molecular flexibility index (Phi) is 5.68. The topological polar surface area (TPSA) is 86.0 Å². The molecule has 0 spiro atoms. The number of nitrogens with one attached hydrogen (secondary N) is 1. The monoisotopic (exact) mass is 448 g/mol. The van der Waals surface area contributed by atoms with Crippen LogP contribution >= 0.6 is 0 Å². The molecule has 2 fully saturated rings. The molecule has 170 valence electrons. The largest absolute Gasteiger partial charge is 0.389 e. The number of aromatic nitrogens is 3. The molecule has 11 heteroatoms. The SMILES string of the molecule is C=C(/C=C(F)\C=C/C)[C@H]1CC(F)(F)CN1c1ccn2ncc(NC(=O)N3CC(O)C3)c2n1. The molecule has 0 bridgehead atoms. The summed E-state index contributed by atoms with van der Waals surface area (Å²) in [5, 5.41) is 16.2. The first-order chi connectivity index (χ1) is 15.2. The Morgan fingerprint density at radius 3 is 2.84 bits per heavy atom. The Morgan fingerprint density at radius 2 is 2.16 bits per heavy atom. The van der Waals surface area contributed by atoms with E-state index in [0.717, 1.165) is 6.08 Å². The van der Waals surface area contributed by atoms with Crippen molar-refractivity contribution in [2.24, 2.45) is 0 Å². The molecule has 0 aliphatic carbocycles. The average molecular weight is 448 g/mol. The minimum Gasteiger partial charge on any atom is -0.389 e. The van der Waals surface area contributed by atoms with Gasteiger partial charge in [0, 0.05) is 12.6 Å². The minimum absolute atomic E-state index is 0.206. The van der Waals surface area contributed by atoms with Crippen molar-refractivity contribution in [1.82, 2.24) is 19.5 Å². The van der Waals surface area contributed by atoms with E-state index in [-0.39, 0.29) is 30.1 Å². The molecule has 4 heterocycles. The highest BCUT2D eigenvalue weighted by molar-refractivity contribution is 5.93. The maximum absolute atomic E-state index is 14.3. The van der Waals surface area contributed by atoms with Gasteiger partial charge < -0.3 is 20.2 Å². The summed E-state index contributed by atoms with van der Waals surface area (Å²) < 4.78 is 43.9. The van der Waals surface area contributed by atoms with Gasteiger partial charge in [0.15, 0.2) is 5.65 Å². The smallest absolute Gasteiger partial charge is 0.322 e. The second-order valence-corrected chi connectivity index (χ2v) is 7.91. The third-order valence-corrected chi connectivity index (χ3v) is 5.39. The number of carbonyl (C=O) groups is 1. The number of nitrogens with zero attached hydrogens (tertiary/aromatic N) is 5. The van der Waals surface area contributed by atoms with E-state index in [9.17, 15) is 23.1 Å². The molecule has 2 amide bonds. The summed E-state index contributed by atoms with van der Waals surface area (Å²) in [7, 11) is 0. The van der Waals surface area contributed by atoms with Crippen LogP contribution in [0.2, 0.25) is 0 Å². The molecule has 1 atom stereocenters. The molecule has 2 N–H and O–H groups in total. The minimum atomic E-state index is -3.00. The van der Waals surface area contributed by atoms with Crippen LogP contribution in [0, 0.1) is 0 Å². The van der Waals surface area contributed by atoms with Gasteiger partial charge in [-0.05, 0) is 30.7 Å². The van der Waals surface area contributed by atoms with Crippen molar-refractivity contribution in [3.8, 4) is 0 Å². The van der Waals surface area contributed by atoms with E-state index in [4.69, 9.17) is 0 Å². The lowest BCUT2D eigenvalue weighted by molar-refractivity contribution is 0.0235. The molecule has 2 saturated heterocycles. The third kappa shape index (κ3) is 4.33. The van der Waals surface area contributed by atoms with Crippen LogP contribution in [0.25, 0.3) is 5.65 Å². The molecular weight excluding hydrogens is 425 g/mol. The summed E-state index contributed by atoms with van der Waals surface area (Å²) in [5.41, 5.74) is 0.781. The number of hydrogen-bond acceptors (Lipinski definition) is 5. The second-order valence-electron chi connectivity index (χ2n) is 7.91. The first-order valence-corrected chi connectivity index (χ1v) is 10.1. The van der Waals surface area contributed by atoms with Gasteiger partial charge in [-0.25, -0.2) is 27.5 Å². The molecule has 32 heavy (non-hydrogen) atoms. The normalized spacial score (nSPS) is 21.4. The summed E-state index contributed by atoms with van der Waals surface area (Å²) in [4.78, 5) is 19.5. The number of aliphatic hydroxyl groups excluding tert-OH is 1. The van der Waals surface area contributed by atoms with Gasteiger partial charge in [0.05, 0.1) is 38.0 Å². The van der Waals surface area contributed by atoms with E-state index in [1.807, 2.05) is 0 Å². The number of aliphatic hydroxyl groups is 1. The molecule has 8 nitrogen and oxygen atoms in total. The Hall–Kier alpha value is -3.34. The molecule has 2 aliphatic heterocycles. The number of alkyl halides is 2. The fraction of sp³-hybridized carbons (Fsp3) is 0.381. The lowest BCUT2D eigenvalue weighted by atomic mass is 10.0. The summed E-state index contributed by atoms with van der Waals surface area (Å²) in [6.45, 7) is 5.31. The predicted molar refractivity (Wildman–Crippen MR) is 113 cm³/mol. The summed E-state index contributed by atoms with van der Waals surface area (Å²) >= 11 is 0. The Labute approximate surface area is 182 Å². The standard InChI is InChI=1S/C21H23F3N6O2/c1-3-4-14(22)7-13(2)17-8-21(23,24)12-29(17)18-5-6-30-19(27-18)16(9-25-30)26-20(32)28-10-15(31)11-28/h3-7,9,15,17,31H,2,8,10-12H2,1H3,(H,26,32)/b4-3-,14-7+/t17-/m1/s1. The Morgan fingerprint density at radius 1 is 1.41 bits per heavy atom. The van der Waals surface area contributed by atoms with E-state index < -0.39 is 42.9 Å². The zero-order chi connectivity index (χ0) is 23.0. The number of urea groups is 1. The van der Waals surface area contributed by atoms with Crippen molar-refractivity contribution in [2.45, 2.75) is 31.4 Å². The van der Waals surface area contributed by atoms with E-state index >= 15 is 0 Å².